The summed E-state index contributed by atoms with van der Waals surface area (Å²) in [5.41, 5.74) is -1.15. The minimum Gasteiger partial charge on any atom is -0.377 e. The van der Waals surface area contributed by atoms with Crippen LogP contribution in [0, 0.1) is 0 Å². The molecule has 258 valence electrons. The van der Waals surface area contributed by atoms with E-state index in [9.17, 15) is 39.6 Å². The maximum atomic E-state index is 14.0. The lowest BCUT2D eigenvalue weighted by Crippen LogP contribution is -2.44. The number of alkyl halides is 6. The van der Waals surface area contributed by atoms with Crippen molar-refractivity contribution in [2.45, 2.75) is 47.8 Å². The lowest BCUT2D eigenvalue weighted by molar-refractivity contribution is -0.140. The van der Waals surface area contributed by atoms with E-state index in [1.54, 1.807) is 12.1 Å². The quantitative estimate of drug-likeness (QED) is 0.191. The number of urea groups is 1. The van der Waals surface area contributed by atoms with Gasteiger partial charge in [0.15, 0.2) is 15.7 Å². The summed E-state index contributed by atoms with van der Waals surface area (Å²) >= 11 is 0. The van der Waals surface area contributed by atoms with Gasteiger partial charge in [0.05, 0.1) is 41.0 Å². The fraction of sp³-hybridized carbons (Fsp3) is 0.303. The molecule has 1 saturated carbocycles. The van der Waals surface area contributed by atoms with Crippen molar-refractivity contribution in [1.82, 2.24) is 9.97 Å². The number of anilines is 3. The van der Waals surface area contributed by atoms with Crippen LogP contribution in [-0.2, 0) is 31.7 Å². The largest absolute Gasteiger partial charge is 0.417 e. The molecule has 3 aromatic carbocycles. The van der Waals surface area contributed by atoms with Crippen molar-refractivity contribution in [3.05, 3.63) is 95.7 Å². The van der Waals surface area contributed by atoms with Crippen LogP contribution in [0.1, 0.15) is 36.6 Å². The zero-order chi connectivity index (χ0) is 35.2. The molecule has 9 nitrogen and oxygen atoms in total. The molecule has 1 aliphatic carbocycles. The summed E-state index contributed by atoms with van der Waals surface area (Å²) in [6.45, 7) is 3.10. The number of aromatic nitrogens is 2. The molecule has 6 rings (SSSR count). The van der Waals surface area contributed by atoms with E-state index < -0.39 is 49.0 Å². The summed E-state index contributed by atoms with van der Waals surface area (Å²) in [6.07, 6.45) is -9.28. The first-order chi connectivity index (χ1) is 23.1. The minimum atomic E-state index is -4.89. The molecule has 16 heteroatoms. The maximum absolute atomic E-state index is 14.0. The standard InChI is InChI=1S/C33H29F6N5O4S/c1-20-19-48-17-16-44(20)28-18-27(31(14-15-31)49(46,47)26-5-3-2-4-25(26)33(37,38)39)42-29(43-28)21-6-10-23(11-7-21)40-30(45)41-24-12-8-22(9-13-24)32(34,35)36/h2-13,18,20H,14-17,19H2,1H3,(H2,40,41,45)/t20-/m0/s1. The van der Waals surface area contributed by atoms with Crippen molar-refractivity contribution in [3.63, 3.8) is 0 Å². The van der Waals surface area contributed by atoms with Crippen LogP contribution in [0.2, 0.25) is 0 Å². The molecular weight excluding hydrogens is 676 g/mol. The van der Waals surface area contributed by atoms with Gasteiger partial charge in [0.25, 0.3) is 0 Å². The van der Waals surface area contributed by atoms with Crippen LogP contribution in [-0.4, -0.2) is 50.2 Å². The Balaban J connectivity index is 1.31. The highest BCUT2D eigenvalue weighted by Crippen LogP contribution is 2.56. The fourth-order valence-corrected chi connectivity index (χ4v) is 7.84. The van der Waals surface area contributed by atoms with Crippen molar-refractivity contribution in [2.75, 3.05) is 35.3 Å². The summed E-state index contributed by atoms with van der Waals surface area (Å²) < 4.78 is 112. The third-order valence-corrected chi connectivity index (χ3v) is 11.0. The third-order valence-electron chi connectivity index (χ3n) is 8.41. The predicted octanol–water partition coefficient (Wildman–Crippen LogP) is 7.51. The highest BCUT2D eigenvalue weighted by atomic mass is 32.2. The minimum absolute atomic E-state index is 0.0625. The summed E-state index contributed by atoms with van der Waals surface area (Å²) in [6, 6.07) is 14.9. The predicted molar refractivity (Wildman–Crippen MR) is 169 cm³/mol. The zero-order valence-electron chi connectivity index (χ0n) is 25.8. The highest BCUT2D eigenvalue weighted by Gasteiger charge is 2.59. The van der Waals surface area contributed by atoms with E-state index in [1.165, 1.54) is 24.3 Å². The van der Waals surface area contributed by atoms with E-state index >= 15 is 0 Å². The van der Waals surface area contributed by atoms with Gasteiger partial charge in [-0.2, -0.15) is 26.3 Å². The first-order valence-corrected chi connectivity index (χ1v) is 16.6. The second-order valence-electron chi connectivity index (χ2n) is 11.8. The summed E-state index contributed by atoms with van der Waals surface area (Å²) in [4.78, 5) is 22.9. The number of ether oxygens (including phenoxy) is 1. The lowest BCUT2D eigenvalue weighted by Gasteiger charge is -2.35. The number of benzene rings is 3. The fourth-order valence-electron chi connectivity index (χ4n) is 5.67. The van der Waals surface area contributed by atoms with Crippen molar-refractivity contribution in [2.24, 2.45) is 0 Å². The number of carbonyl (C=O) groups excluding carboxylic acids is 1. The molecule has 1 saturated heterocycles. The molecule has 1 aromatic heterocycles. The van der Waals surface area contributed by atoms with Gasteiger partial charge in [-0.05, 0) is 80.4 Å². The first kappa shape index (κ1) is 34.2. The van der Waals surface area contributed by atoms with Crippen molar-refractivity contribution in [1.29, 1.82) is 0 Å². The van der Waals surface area contributed by atoms with E-state index in [4.69, 9.17) is 9.72 Å². The number of amides is 2. The number of nitrogens with zero attached hydrogens (tertiary/aromatic N) is 3. The molecule has 1 aliphatic heterocycles. The van der Waals surface area contributed by atoms with Crippen LogP contribution in [0.15, 0.2) is 83.8 Å². The number of nitrogens with one attached hydrogen (secondary N) is 2. The molecule has 0 unspecified atom stereocenters. The van der Waals surface area contributed by atoms with E-state index in [1.807, 2.05) is 11.8 Å². The second kappa shape index (κ2) is 12.6. The molecule has 2 fully saturated rings. The molecule has 2 heterocycles. The molecule has 49 heavy (non-hydrogen) atoms. The van der Waals surface area contributed by atoms with Crippen LogP contribution in [0.5, 0.6) is 0 Å². The van der Waals surface area contributed by atoms with Gasteiger partial charge >= 0.3 is 18.4 Å². The van der Waals surface area contributed by atoms with E-state index in [0.717, 1.165) is 42.5 Å². The van der Waals surface area contributed by atoms with Crippen molar-refractivity contribution < 1.29 is 44.3 Å². The van der Waals surface area contributed by atoms with Crippen LogP contribution in [0.25, 0.3) is 11.4 Å². The van der Waals surface area contributed by atoms with E-state index in [-0.39, 0.29) is 36.1 Å². The topological polar surface area (TPSA) is 114 Å². The molecular formula is C33H29F6N5O4S. The molecule has 2 amide bonds. The van der Waals surface area contributed by atoms with Crippen molar-refractivity contribution in [3.8, 4) is 11.4 Å². The van der Waals surface area contributed by atoms with Crippen LogP contribution >= 0.6 is 0 Å². The monoisotopic (exact) mass is 705 g/mol. The molecule has 4 aromatic rings. The number of hydrogen-bond donors (Lipinski definition) is 2. The Bertz CT molecular complexity index is 1970. The maximum Gasteiger partial charge on any atom is 0.417 e. The van der Waals surface area contributed by atoms with Crippen molar-refractivity contribution >= 4 is 33.1 Å². The Morgan fingerprint density at radius 1 is 0.878 bits per heavy atom. The number of carbonyl (C=O) groups is 1. The molecule has 0 spiro atoms. The summed E-state index contributed by atoms with van der Waals surface area (Å²) in [7, 11) is -4.57. The summed E-state index contributed by atoms with van der Waals surface area (Å²) in [5.74, 6) is 0.511. The number of morpholine rings is 1. The van der Waals surface area contributed by atoms with Gasteiger partial charge in [-0.15, -0.1) is 0 Å². The Morgan fingerprint density at radius 2 is 1.49 bits per heavy atom. The number of rotatable bonds is 7. The number of hydrogen-bond acceptors (Lipinski definition) is 7. The normalized spacial score (nSPS) is 17.8. The van der Waals surface area contributed by atoms with Gasteiger partial charge in [-0.1, -0.05) is 12.1 Å². The molecule has 2 N–H and O–H groups in total. The average molecular weight is 706 g/mol. The van der Waals surface area contributed by atoms with Crippen LogP contribution in [0.4, 0.5) is 48.3 Å². The number of halogens is 6. The molecule has 1 atom stereocenters. The van der Waals surface area contributed by atoms with E-state index in [2.05, 4.69) is 15.6 Å². The molecule has 0 radical (unpaired) electrons. The second-order valence-corrected chi connectivity index (χ2v) is 14.0. The zero-order valence-corrected chi connectivity index (χ0v) is 26.6. The Kier molecular flexibility index (Phi) is 8.81. The van der Waals surface area contributed by atoms with Gasteiger partial charge in [-0.25, -0.2) is 23.2 Å². The highest BCUT2D eigenvalue weighted by molar-refractivity contribution is 7.92. The van der Waals surface area contributed by atoms with Gasteiger partial charge in [0, 0.05) is 29.5 Å². The van der Waals surface area contributed by atoms with Gasteiger partial charge in [0.2, 0.25) is 0 Å². The SMILES string of the molecule is C[C@H]1COCCN1c1cc(C2(S(=O)(=O)c3ccccc3C(F)(F)F)CC2)nc(-c2ccc(NC(=O)Nc3ccc(C(F)(F)F)cc3)cc2)n1. The smallest absolute Gasteiger partial charge is 0.377 e. The van der Waals surface area contributed by atoms with Crippen LogP contribution < -0.4 is 15.5 Å². The van der Waals surface area contributed by atoms with E-state index in [0.29, 0.717) is 36.8 Å². The number of sulfone groups is 1. The Morgan fingerprint density at radius 3 is 2.06 bits per heavy atom. The lowest BCUT2D eigenvalue weighted by atomic mass is 10.1. The summed E-state index contributed by atoms with van der Waals surface area (Å²) in [5, 5.41) is 5.03. The van der Waals surface area contributed by atoms with Gasteiger partial charge < -0.3 is 20.3 Å². The molecule has 2 aliphatic rings. The van der Waals surface area contributed by atoms with Crippen LogP contribution in [0.3, 0.4) is 0 Å². The Labute approximate surface area is 277 Å². The average Bonchev–Trinajstić information content (AvgIpc) is 3.88. The van der Waals surface area contributed by atoms with Gasteiger partial charge in [0.1, 0.15) is 10.6 Å². The first-order valence-electron chi connectivity index (χ1n) is 15.1. The van der Waals surface area contributed by atoms with Gasteiger partial charge in [-0.3, -0.25) is 0 Å². The Hall–Kier alpha value is -4.70. The molecule has 0 bridgehead atoms. The third kappa shape index (κ3) is 6.92.